The lowest BCUT2D eigenvalue weighted by molar-refractivity contribution is 0.110. The second kappa shape index (κ2) is 4.42. The number of allylic oxidation sites excluding steroid dienone is 14. The van der Waals surface area contributed by atoms with Crippen LogP contribution in [0.2, 0.25) is 0 Å². The van der Waals surface area contributed by atoms with Gasteiger partial charge in [-0.05, 0) is 62.5 Å². The molecule has 0 N–H and O–H groups in total. The molecule has 0 aliphatic heterocycles. The highest BCUT2D eigenvalue weighted by Crippen LogP contribution is 2.78. The maximum Gasteiger partial charge on any atom is 0.0304 e. The van der Waals surface area contributed by atoms with Crippen molar-refractivity contribution in [2.75, 3.05) is 0 Å². The molecule has 0 heterocycles. The average molecular weight is 312 g/mol. The van der Waals surface area contributed by atoms with E-state index in [1.807, 2.05) is 0 Å². The molecule has 6 rings (SSSR count). The van der Waals surface area contributed by atoms with Gasteiger partial charge in [-0.2, -0.15) is 0 Å². The minimum absolute atomic E-state index is 0.339. The molecular weight excluding hydrogens is 288 g/mol. The summed E-state index contributed by atoms with van der Waals surface area (Å²) in [5.74, 6) is 0. The van der Waals surface area contributed by atoms with Gasteiger partial charge in [0.25, 0.3) is 0 Å². The van der Waals surface area contributed by atoms with Gasteiger partial charge in [-0.15, -0.1) is 0 Å². The molecule has 0 amide bonds. The van der Waals surface area contributed by atoms with Crippen LogP contribution in [0.3, 0.4) is 0 Å². The molecule has 0 bridgehead atoms. The summed E-state index contributed by atoms with van der Waals surface area (Å²) < 4.78 is 0. The Hall–Kier alpha value is -1.82. The predicted octanol–water partition coefficient (Wildman–Crippen LogP) is 6.28. The molecule has 0 radical (unpaired) electrons. The van der Waals surface area contributed by atoms with Crippen LogP contribution in [-0.4, -0.2) is 0 Å². The molecule has 0 atom stereocenters. The fraction of sp³-hybridized carbons (Fsp3) is 0.417. The van der Waals surface area contributed by atoms with E-state index in [4.69, 9.17) is 0 Å². The minimum atomic E-state index is 0.339. The lowest BCUT2D eigenvalue weighted by atomic mass is 9.34. The Morgan fingerprint density at radius 3 is 1.25 bits per heavy atom. The van der Waals surface area contributed by atoms with E-state index in [0.717, 1.165) is 0 Å². The highest BCUT2D eigenvalue weighted by atomic mass is 14.7. The standard InChI is InChI=1S/C24H24/c1-3-11-19-17(9-1)18-10-2-4-12-20(18)24-16-8-7-15-23(19,24)21-13-5-6-14-22(21)24/h1-8H,9-16H2. The first kappa shape index (κ1) is 13.5. The van der Waals surface area contributed by atoms with Crippen LogP contribution in [0, 0.1) is 10.8 Å². The molecule has 120 valence electrons. The van der Waals surface area contributed by atoms with Crippen molar-refractivity contribution in [2.45, 2.75) is 51.4 Å². The Kier molecular flexibility index (Phi) is 2.48. The lowest BCUT2D eigenvalue weighted by Crippen LogP contribution is -2.59. The van der Waals surface area contributed by atoms with E-state index in [1.165, 1.54) is 51.4 Å². The maximum atomic E-state index is 2.49. The Bertz CT molecular complexity index is 794. The molecule has 0 aromatic heterocycles. The molecule has 24 heavy (non-hydrogen) atoms. The van der Waals surface area contributed by atoms with Crippen LogP contribution in [0.4, 0.5) is 0 Å². The predicted molar refractivity (Wildman–Crippen MR) is 99.4 cm³/mol. The summed E-state index contributed by atoms with van der Waals surface area (Å²) in [5, 5.41) is 0. The van der Waals surface area contributed by atoms with Gasteiger partial charge >= 0.3 is 0 Å². The van der Waals surface area contributed by atoms with Gasteiger partial charge in [-0.3, -0.25) is 0 Å². The highest BCUT2D eigenvalue weighted by Gasteiger charge is 2.68. The Morgan fingerprint density at radius 2 is 0.792 bits per heavy atom. The van der Waals surface area contributed by atoms with Gasteiger partial charge in [0.1, 0.15) is 0 Å². The Balaban J connectivity index is 1.69. The summed E-state index contributed by atoms with van der Waals surface area (Å²) in [6, 6.07) is 0. The number of fused-ring (bicyclic) bond motifs is 1. The third-order valence-corrected chi connectivity index (χ3v) is 7.69. The monoisotopic (exact) mass is 312 g/mol. The largest absolute Gasteiger partial charge is 0.0873 e. The molecule has 0 nitrogen and oxygen atoms in total. The zero-order chi connectivity index (χ0) is 15.8. The molecule has 0 saturated carbocycles. The van der Waals surface area contributed by atoms with Gasteiger partial charge in [0.2, 0.25) is 0 Å². The van der Waals surface area contributed by atoms with Crippen molar-refractivity contribution in [1.82, 2.24) is 0 Å². The van der Waals surface area contributed by atoms with E-state index in [2.05, 4.69) is 48.6 Å². The molecule has 0 heteroatoms. The second-order valence-corrected chi connectivity index (χ2v) is 8.20. The number of rotatable bonds is 0. The smallest absolute Gasteiger partial charge is 0.0304 e. The topological polar surface area (TPSA) is 0 Å². The average Bonchev–Trinajstić information content (AvgIpc) is 2.66. The first-order chi connectivity index (χ1) is 11.9. The molecule has 6 aliphatic carbocycles. The van der Waals surface area contributed by atoms with Gasteiger partial charge in [0, 0.05) is 10.8 Å². The van der Waals surface area contributed by atoms with Crippen molar-refractivity contribution in [3.63, 3.8) is 0 Å². The van der Waals surface area contributed by atoms with Gasteiger partial charge < -0.3 is 0 Å². The van der Waals surface area contributed by atoms with Crippen LogP contribution >= 0.6 is 0 Å². The van der Waals surface area contributed by atoms with E-state index in [0.29, 0.717) is 10.8 Å². The fourth-order valence-electron chi connectivity index (χ4n) is 6.98. The third kappa shape index (κ3) is 1.25. The molecule has 0 unspecified atom stereocenters. The van der Waals surface area contributed by atoms with Crippen LogP contribution in [-0.2, 0) is 0 Å². The molecule has 0 aromatic carbocycles. The first-order valence-corrected chi connectivity index (χ1v) is 9.68. The molecule has 0 saturated heterocycles. The van der Waals surface area contributed by atoms with Gasteiger partial charge in [-0.25, -0.2) is 0 Å². The van der Waals surface area contributed by atoms with Crippen LogP contribution in [0.1, 0.15) is 51.4 Å². The Morgan fingerprint density at radius 1 is 0.417 bits per heavy atom. The fourth-order valence-corrected chi connectivity index (χ4v) is 6.98. The summed E-state index contributed by atoms with van der Waals surface area (Å²) in [6.45, 7) is 0. The van der Waals surface area contributed by atoms with E-state index < -0.39 is 0 Å². The van der Waals surface area contributed by atoms with Crippen molar-refractivity contribution in [3.05, 3.63) is 82.0 Å². The molecule has 0 aromatic rings. The normalized spacial score (nSPS) is 38.3. The first-order valence-electron chi connectivity index (χ1n) is 9.68. The van der Waals surface area contributed by atoms with Crippen molar-refractivity contribution < 1.29 is 0 Å². The second-order valence-electron chi connectivity index (χ2n) is 8.20. The van der Waals surface area contributed by atoms with Crippen molar-refractivity contribution in [1.29, 1.82) is 0 Å². The molecular formula is C24H24. The summed E-state index contributed by atoms with van der Waals surface area (Å²) in [7, 11) is 0. The summed E-state index contributed by atoms with van der Waals surface area (Å²) in [4.78, 5) is 0. The van der Waals surface area contributed by atoms with Crippen molar-refractivity contribution in [2.24, 2.45) is 10.8 Å². The van der Waals surface area contributed by atoms with Crippen LogP contribution in [0.5, 0.6) is 0 Å². The summed E-state index contributed by atoms with van der Waals surface area (Å²) in [5.41, 5.74) is 11.3. The summed E-state index contributed by atoms with van der Waals surface area (Å²) in [6.07, 6.45) is 29.2. The van der Waals surface area contributed by atoms with E-state index in [-0.39, 0.29) is 0 Å². The van der Waals surface area contributed by atoms with Crippen molar-refractivity contribution in [3.8, 4) is 0 Å². The summed E-state index contributed by atoms with van der Waals surface area (Å²) >= 11 is 0. The lowest BCUT2D eigenvalue weighted by Gasteiger charge is -2.69. The molecule has 0 fully saturated rings. The SMILES string of the molecule is C1=CCC2=C(C1)C1=C(CC=CC1)C13CC=CCC21C1=C3CC=CC1. The maximum absolute atomic E-state index is 2.49. The van der Waals surface area contributed by atoms with Crippen LogP contribution < -0.4 is 0 Å². The molecule has 6 aliphatic rings. The Labute approximate surface area is 144 Å². The van der Waals surface area contributed by atoms with Gasteiger partial charge in [0.15, 0.2) is 0 Å². The highest BCUT2D eigenvalue weighted by molar-refractivity contribution is 5.69. The number of hydrogen-bond donors (Lipinski definition) is 0. The van der Waals surface area contributed by atoms with E-state index >= 15 is 0 Å². The van der Waals surface area contributed by atoms with Gasteiger partial charge in [0.05, 0.1) is 0 Å². The third-order valence-electron chi connectivity index (χ3n) is 7.69. The zero-order valence-electron chi connectivity index (χ0n) is 14.3. The van der Waals surface area contributed by atoms with Crippen molar-refractivity contribution >= 4 is 0 Å². The number of hydrogen-bond acceptors (Lipinski definition) is 0. The van der Waals surface area contributed by atoms with E-state index in [9.17, 15) is 0 Å². The molecule has 0 spiro atoms. The van der Waals surface area contributed by atoms with Crippen LogP contribution in [0.15, 0.2) is 82.0 Å². The van der Waals surface area contributed by atoms with E-state index in [1.54, 1.807) is 33.4 Å². The quantitative estimate of drug-likeness (QED) is 0.462. The van der Waals surface area contributed by atoms with Gasteiger partial charge in [-0.1, -0.05) is 70.9 Å². The van der Waals surface area contributed by atoms with Crippen LogP contribution in [0.25, 0.3) is 0 Å². The zero-order valence-corrected chi connectivity index (χ0v) is 14.3. The minimum Gasteiger partial charge on any atom is -0.0873 e.